The quantitative estimate of drug-likeness (QED) is 0.524. The summed E-state index contributed by atoms with van der Waals surface area (Å²) in [6.07, 6.45) is 0. The smallest absolute Gasteiger partial charge is 0.106 e. The van der Waals surface area contributed by atoms with Gasteiger partial charge in [-0.3, -0.25) is 0 Å². The Hall–Kier alpha value is -1.50. The van der Waals surface area contributed by atoms with Crippen LogP contribution in [0.5, 0.6) is 0 Å². The van der Waals surface area contributed by atoms with Gasteiger partial charge in [-0.2, -0.15) is 0 Å². The molecule has 1 heterocycles. The Labute approximate surface area is 128 Å². The highest BCUT2D eigenvalue weighted by molar-refractivity contribution is 9.10. The van der Waals surface area contributed by atoms with Crippen LogP contribution in [-0.4, -0.2) is 4.98 Å². The van der Waals surface area contributed by atoms with Crippen LogP contribution in [0.25, 0.3) is 0 Å². The summed E-state index contributed by atoms with van der Waals surface area (Å²) < 4.78 is 0.884. The zero-order chi connectivity index (χ0) is 13.8. The van der Waals surface area contributed by atoms with Crippen LogP contribution in [0.2, 0.25) is 0 Å². The fourth-order valence-electron chi connectivity index (χ4n) is 2.09. The fourth-order valence-corrected chi connectivity index (χ4v) is 4.78. The van der Waals surface area contributed by atoms with Crippen LogP contribution in [0.15, 0.2) is 83.5 Å². The highest BCUT2D eigenvalue weighted by atomic mass is 79.9. The molecule has 0 aliphatic heterocycles. The minimum atomic E-state index is -0.603. The first-order valence-electron chi connectivity index (χ1n) is 6.37. The normalized spacial score (nSPS) is 10.7. The maximum atomic E-state index is 4.67. The van der Waals surface area contributed by atoms with Crippen LogP contribution < -0.4 is 16.0 Å². The van der Waals surface area contributed by atoms with Gasteiger partial charge in [0.1, 0.15) is 4.60 Å². The maximum absolute atomic E-state index is 4.67. The molecule has 3 rings (SSSR count). The molecule has 0 atom stereocenters. The Bertz CT molecular complexity index is 646. The molecule has 0 spiro atoms. The van der Waals surface area contributed by atoms with E-state index < -0.39 is 7.92 Å². The van der Waals surface area contributed by atoms with Crippen LogP contribution in [-0.2, 0) is 0 Å². The Kier molecular flexibility index (Phi) is 4.25. The molecule has 98 valence electrons. The van der Waals surface area contributed by atoms with E-state index in [0.29, 0.717) is 0 Å². The van der Waals surface area contributed by atoms with E-state index in [2.05, 4.69) is 87.6 Å². The molecule has 1 aromatic heterocycles. The van der Waals surface area contributed by atoms with Crippen molar-refractivity contribution < 1.29 is 0 Å². The summed E-state index contributed by atoms with van der Waals surface area (Å²) in [6.45, 7) is 0. The largest absolute Gasteiger partial charge is 0.240 e. The van der Waals surface area contributed by atoms with Crippen molar-refractivity contribution in [2.75, 3.05) is 0 Å². The number of hydrogen-bond acceptors (Lipinski definition) is 1. The highest BCUT2D eigenvalue weighted by Crippen LogP contribution is 2.31. The number of pyridine rings is 1. The Balaban J connectivity index is 2.14. The minimum Gasteiger partial charge on any atom is -0.240 e. The predicted octanol–water partition coefficient (Wildman–Crippen LogP) is 3.60. The van der Waals surface area contributed by atoms with Crippen molar-refractivity contribution in [3.05, 3.63) is 83.5 Å². The second-order valence-corrected chi connectivity index (χ2v) is 7.30. The van der Waals surface area contributed by atoms with E-state index in [1.165, 1.54) is 10.6 Å². The molecule has 0 aliphatic rings. The average Bonchev–Trinajstić information content (AvgIpc) is 2.50. The van der Waals surface area contributed by atoms with Crippen LogP contribution in [0, 0.1) is 0 Å². The molecule has 0 saturated heterocycles. The zero-order valence-electron chi connectivity index (χ0n) is 10.8. The topological polar surface area (TPSA) is 12.9 Å². The van der Waals surface area contributed by atoms with E-state index in [1.807, 2.05) is 12.1 Å². The minimum absolute atomic E-state index is 0.603. The summed E-state index contributed by atoms with van der Waals surface area (Å²) in [7, 11) is -0.603. The Morgan fingerprint density at radius 2 is 1.20 bits per heavy atom. The molecule has 1 nitrogen and oxygen atoms in total. The van der Waals surface area contributed by atoms with Gasteiger partial charge in [-0.1, -0.05) is 66.7 Å². The third-order valence-corrected chi connectivity index (χ3v) is 5.74. The van der Waals surface area contributed by atoms with Crippen molar-refractivity contribution in [1.29, 1.82) is 0 Å². The lowest BCUT2D eigenvalue weighted by molar-refractivity contribution is 1.33. The number of aromatic nitrogens is 1. The number of benzene rings is 2. The fraction of sp³-hybridized carbons (Fsp3) is 0. The third kappa shape index (κ3) is 2.98. The van der Waals surface area contributed by atoms with Crippen molar-refractivity contribution in [2.24, 2.45) is 0 Å². The third-order valence-electron chi connectivity index (χ3n) is 2.96. The lowest BCUT2D eigenvalue weighted by Crippen LogP contribution is -2.22. The number of rotatable bonds is 3. The van der Waals surface area contributed by atoms with Gasteiger partial charge in [-0.15, -0.1) is 0 Å². The van der Waals surface area contributed by atoms with E-state index in [0.717, 1.165) is 10.0 Å². The maximum Gasteiger partial charge on any atom is 0.106 e. The molecule has 0 amide bonds. The summed E-state index contributed by atoms with van der Waals surface area (Å²) >= 11 is 3.47. The summed E-state index contributed by atoms with van der Waals surface area (Å²) in [5, 5.41) is 2.64. The molecule has 3 heteroatoms. The van der Waals surface area contributed by atoms with Gasteiger partial charge in [-0.05, 0) is 38.7 Å². The first-order valence-corrected chi connectivity index (χ1v) is 8.51. The standard InChI is InChI=1S/C17H13BrNP/c18-16-12-7-13-17(19-16)20(14-8-3-1-4-9-14)15-10-5-2-6-11-15/h1-13H. The molecule has 0 saturated carbocycles. The van der Waals surface area contributed by atoms with Crippen molar-refractivity contribution >= 4 is 39.9 Å². The van der Waals surface area contributed by atoms with Crippen LogP contribution >= 0.6 is 23.9 Å². The van der Waals surface area contributed by atoms with Gasteiger partial charge in [-0.25, -0.2) is 4.98 Å². The van der Waals surface area contributed by atoms with Crippen molar-refractivity contribution in [1.82, 2.24) is 4.98 Å². The predicted molar refractivity (Wildman–Crippen MR) is 90.6 cm³/mol. The molecule has 0 fully saturated rings. The van der Waals surface area contributed by atoms with Crippen LogP contribution in [0.3, 0.4) is 0 Å². The Morgan fingerprint density at radius 3 is 1.70 bits per heavy atom. The van der Waals surface area contributed by atoms with Gasteiger partial charge in [0.15, 0.2) is 0 Å². The monoisotopic (exact) mass is 341 g/mol. The van der Waals surface area contributed by atoms with E-state index >= 15 is 0 Å². The zero-order valence-corrected chi connectivity index (χ0v) is 13.3. The highest BCUT2D eigenvalue weighted by Gasteiger charge is 2.17. The second-order valence-electron chi connectivity index (χ2n) is 4.33. The SMILES string of the molecule is Brc1cccc(P(c2ccccc2)c2ccccc2)n1. The van der Waals surface area contributed by atoms with Crippen molar-refractivity contribution in [3.63, 3.8) is 0 Å². The number of nitrogens with zero attached hydrogens (tertiary/aromatic N) is 1. The van der Waals surface area contributed by atoms with E-state index in [-0.39, 0.29) is 0 Å². The molecule has 20 heavy (non-hydrogen) atoms. The second kappa shape index (κ2) is 6.30. The van der Waals surface area contributed by atoms with Gasteiger partial charge in [0, 0.05) is 7.92 Å². The average molecular weight is 342 g/mol. The summed E-state index contributed by atoms with van der Waals surface area (Å²) in [4.78, 5) is 4.67. The lowest BCUT2D eigenvalue weighted by atomic mass is 10.4. The summed E-state index contributed by atoms with van der Waals surface area (Å²) in [6, 6.07) is 27.3. The summed E-state index contributed by atoms with van der Waals surface area (Å²) in [5.41, 5.74) is 1.12. The first-order chi connectivity index (χ1) is 9.84. The molecule has 0 N–H and O–H groups in total. The van der Waals surface area contributed by atoms with Gasteiger partial charge in [0.25, 0.3) is 0 Å². The molecule has 0 bridgehead atoms. The van der Waals surface area contributed by atoms with Gasteiger partial charge >= 0.3 is 0 Å². The molecule has 3 aromatic rings. The van der Waals surface area contributed by atoms with Gasteiger partial charge in [0.05, 0.1) is 5.44 Å². The van der Waals surface area contributed by atoms with E-state index in [9.17, 15) is 0 Å². The van der Waals surface area contributed by atoms with E-state index in [1.54, 1.807) is 0 Å². The van der Waals surface area contributed by atoms with Gasteiger partial charge in [0.2, 0.25) is 0 Å². The van der Waals surface area contributed by atoms with Crippen molar-refractivity contribution in [2.45, 2.75) is 0 Å². The lowest BCUT2D eigenvalue weighted by Gasteiger charge is -2.18. The molecule has 2 aromatic carbocycles. The van der Waals surface area contributed by atoms with E-state index in [4.69, 9.17) is 0 Å². The molecular formula is C17H13BrNP. The first kappa shape index (κ1) is 13.5. The van der Waals surface area contributed by atoms with Crippen LogP contribution in [0.1, 0.15) is 0 Å². The van der Waals surface area contributed by atoms with Crippen molar-refractivity contribution in [3.8, 4) is 0 Å². The number of hydrogen-bond donors (Lipinski definition) is 0. The number of halogens is 1. The molecule has 0 aliphatic carbocycles. The Morgan fingerprint density at radius 1 is 0.650 bits per heavy atom. The van der Waals surface area contributed by atoms with Gasteiger partial charge < -0.3 is 0 Å². The molecular weight excluding hydrogens is 329 g/mol. The molecule has 0 radical (unpaired) electrons. The molecule has 0 unspecified atom stereocenters. The van der Waals surface area contributed by atoms with Crippen LogP contribution in [0.4, 0.5) is 0 Å². The summed E-state index contributed by atoms with van der Waals surface area (Å²) in [5.74, 6) is 0.